The molecule has 4 heteroatoms. The fraction of sp³-hybridized carbons (Fsp3) is 0.789. The summed E-state index contributed by atoms with van der Waals surface area (Å²) < 4.78 is 0. The molecular formula is C19H27NO3. The van der Waals surface area contributed by atoms with E-state index in [0.717, 1.165) is 25.8 Å². The molecule has 0 radical (unpaired) electrons. The highest BCUT2D eigenvalue weighted by Gasteiger charge is 2.63. The minimum Gasteiger partial charge on any atom is -0.393 e. The molecule has 23 heavy (non-hydrogen) atoms. The summed E-state index contributed by atoms with van der Waals surface area (Å²) in [4.78, 5) is 26.3. The van der Waals surface area contributed by atoms with Crippen LogP contribution in [0.2, 0.25) is 0 Å². The summed E-state index contributed by atoms with van der Waals surface area (Å²) >= 11 is 0. The van der Waals surface area contributed by atoms with Crippen LogP contribution in [-0.4, -0.2) is 41.4 Å². The lowest BCUT2D eigenvalue weighted by Crippen LogP contribution is -2.57. The topological polar surface area (TPSA) is 57.6 Å². The van der Waals surface area contributed by atoms with Gasteiger partial charge in [-0.3, -0.25) is 9.59 Å². The second-order valence-electron chi connectivity index (χ2n) is 8.76. The van der Waals surface area contributed by atoms with Gasteiger partial charge in [0, 0.05) is 20.0 Å². The minimum absolute atomic E-state index is 0.0677. The number of allylic oxidation sites excluding steroid dienone is 2. The molecule has 4 aliphatic rings. The van der Waals surface area contributed by atoms with Crippen LogP contribution < -0.4 is 0 Å². The Morgan fingerprint density at radius 3 is 2.70 bits per heavy atom. The Balaban J connectivity index is 1.76. The maximum Gasteiger partial charge on any atom is 0.228 e. The van der Waals surface area contributed by atoms with Crippen LogP contribution in [0.25, 0.3) is 0 Å². The SMILES string of the molecule is CN1CC2C3CCC4=CC(=O)CC[C@]4(C)C3[C@@H](O)C[C@]2(C)C1=O. The highest BCUT2D eigenvalue weighted by molar-refractivity contribution is 5.91. The van der Waals surface area contributed by atoms with E-state index in [0.29, 0.717) is 24.7 Å². The van der Waals surface area contributed by atoms with E-state index in [2.05, 4.69) is 13.8 Å². The summed E-state index contributed by atoms with van der Waals surface area (Å²) in [7, 11) is 1.89. The number of hydrogen-bond acceptors (Lipinski definition) is 3. The molecule has 3 unspecified atom stereocenters. The summed E-state index contributed by atoms with van der Waals surface area (Å²) in [6.07, 6.45) is 5.36. The molecule has 1 N–H and O–H groups in total. The average Bonchev–Trinajstić information content (AvgIpc) is 2.71. The summed E-state index contributed by atoms with van der Waals surface area (Å²) in [6, 6.07) is 0. The number of rotatable bonds is 0. The Bertz CT molecular complexity index is 612. The number of aliphatic hydroxyl groups excluding tert-OH is 1. The minimum atomic E-state index is -0.446. The van der Waals surface area contributed by atoms with E-state index in [9.17, 15) is 14.7 Å². The molecule has 0 spiro atoms. The van der Waals surface area contributed by atoms with Gasteiger partial charge in [-0.25, -0.2) is 0 Å². The Labute approximate surface area is 137 Å². The lowest BCUT2D eigenvalue weighted by molar-refractivity contribution is -0.149. The number of carbonyl (C=O) groups excluding carboxylic acids is 2. The van der Waals surface area contributed by atoms with Gasteiger partial charge in [-0.1, -0.05) is 19.4 Å². The Kier molecular flexibility index (Phi) is 3.13. The van der Waals surface area contributed by atoms with Crippen molar-refractivity contribution in [3.05, 3.63) is 11.6 Å². The van der Waals surface area contributed by atoms with Gasteiger partial charge in [-0.05, 0) is 54.9 Å². The van der Waals surface area contributed by atoms with E-state index in [-0.39, 0.29) is 23.0 Å². The van der Waals surface area contributed by atoms with E-state index in [1.54, 1.807) is 0 Å². The van der Waals surface area contributed by atoms with Crippen molar-refractivity contribution in [2.45, 2.75) is 52.1 Å². The number of amides is 1. The Hall–Kier alpha value is -1.16. The van der Waals surface area contributed by atoms with Crippen molar-refractivity contribution in [3.8, 4) is 0 Å². The van der Waals surface area contributed by atoms with Crippen LogP contribution in [-0.2, 0) is 9.59 Å². The second kappa shape index (κ2) is 4.69. The van der Waals surface area contributed by atoms with Crippen LogP contribution in [0, 0.1) is 28.6 Å². The molecule has 1 aliphatic heterocycles. The molecule has 126 valence electrons. The van der Waals surface area contributed by atoms with Gasteiger partial charge in [-0.15, -0.1) is 0 Å². The van der Waals surface area contributed by atoms with Gasteiger partial charge in [-0.2, -0.15) is 0 Å². The number of hydrogen-bond donors (Lipinski definition) is 1. The van der Waals surface area contributed by atoms with Gasteiger partial charge in [0.2, 0.25) is 5.91 Å². The molecule has 4 rings (SSSR count). The third-order valence-electron chi connectivity index (χ3n) is 7.59. The molecule has 3 aliphatic carbocycles. The van der Waals surface area contributed by atoms with Crippen molar-refractivity contribution in [1.29, 1.82) is 0 Å². The van der Waals surface area contributed by atoms with Crippen molar-refractivity contribution < 1.29 is 14.7 Å². The maximum absolute atomic E-state index is 12.6. The summed E-state index contributed by atoms with van der Waals surface area (Å²) in [5.41, 5.74) is 0.773. The molecule has 0 aromatic carbocycles. The Morgan fingerprint density at radius 2 is 1.96 bits per heavy atom. The molecule has 6 atom stereocenters. The van der Waals surface area contributed by atoms with Gasteiger partial charge in [0.15, 0.2) is 5.78 Å². The van der Waals surface area contributed by atoms with Crippen molar-refractivity contribution in [2.75, 3.05) is 13.6 Å². The Morgan fingerprint density at radius 1 is 1.22 bits per heavy atom. The summed E-state index contributed by atoms with van der Waals surface area (Å²) in [6.45, 7) is 5.12. The highest BCUT2D eigenvalue weighted by atomic mass is 16.3. The summed E-state index contributed by atoms with van der Waals surface area (Å²) in [5, 5.41) is 11.0. The molecular weight excluding hydrogens is 290 g/mol. The van der Waals surface area contributed by atoms with Crippen molar-refractivity contribution in [3.63, 3.8) is 0 Å². The van der Waals surface area contributed by atoms with Crippen molar-refractivity contribution >= 4 is 11.7 Å². The predicted molar refractivity (Wildman–Crippen MR) is 86.5 cm³/mol. The zero-order chi connectivity index (χ0) is 16.6. The van der Waals surface area contributed by atoms with E-state index < -0.39 is 11.5 Å². The first kappa shape index (κ1) is 15.4. The molecule has 2 saturated carbocycles. The first-order chi connectivity index (χ1) is 10.8. The molecule has 0 bridgehead atoms. The molecule has 4 nitrogen and oxygen atoms in total. The summed E-state index contributed by atoms with van der Waals surface area (Å²) in [5.74, 6) is 1.34. The van der Waals surface area contributed by atoms with Gasteiger partial charge >= 0.3 is 0 Å². The van der Waals surface area contributed by atoms with Crippen LogP contribution in [0.15, 0.2) is 11.6 Å². The number of carbonyl (C=O) groups is 2. The molecule has 0 aromatic heterocycles. The van der Waals surface area contributed by atoms with E-state index in [4.69, 9.17) is 0 Å². The predicted octanol–water partition coefficient (Wildman–Crippen LogP) is 2.17. The molecule has 3 fully saturated rings. The van der Waals surface area contributed by atoms with Crippen molar-refractivity contribution in [1.82, 2.24) is 4.90 Å². The second-order valence-corrected chi connectivity index (χ2v) is 8.76. The van der Waals surface area contributed by atoms with Crippen molar-refractivity contribution in [2.24, 2.45) is 28.6 Å². The third kappa shape index (κ3) is 1.87. The van der Waals surface area contributed by atoms with E-state index in [1.807, 2.05) is 18.0 Å². The van der Waals surface area contributed by atoms with E-state index >= 15 is 0 Å². The average molecular weight is 317 g/mol. The molecule has 1 amide bonds. The zero-order valence-corrected chi connectivity index (χ0v) is 14.3. The third-order valence-corrected chi connectivity index (χ3v) is 7.59. The lowest BCUT2D eigenvalue weighted by Gasteiger charge is -2.58. The number of ketones is 1. The normalized spacial score (nSPS) is 49.4. The van der Waals surface area contributed by atoms with Crippen LogP contribution >= 0.6 is 0 Å². The van der Waals surface area contributed by atoms with E-state index in [1.165, 1.54) is 5.57 Å². The first-order valence-electron chi connectivity index (χ1n) is 8.95. The molecule has 1 heterocycles. The lowest BCUT2D eigenvalue weighted by atomic mass is 9.46. The zero-order valence-electron chi connectivity index (χ0n) is 14.3. The van der Waals surface area contributed by atoms with Crippen LogP contribution in [0.1, 0.15) is 46.0 Å². The molecule has 1 saturated heterocycles. The maximum atomic E-state index is 12.6. The molecule has 0 aromatic rings. The smallest absolute Gasteiger partial charge is 0.228 e. The number of nitrogens with zero attached hydrogens (tertiary/aromatic N) is 1. The largest absolute Gasteiger partial charge is 0.393 e. The fourth-order valence-corrected chi connectivity index (χ4v) is 6.43. The number of likely N-dealkylation sites (tertiary alicyclic amines) is 1. The van der Waals surface area contributed by atoms with Crippen LogP contribution in [0.3, 0.4) is 0 Å². The first-order valence-corrected chi connectivity index (χ1v) is 8.95. The van der Waals surface area contributed by atoms with Gasteiger partial charge in [0.05, 0.1) is 11.5 Å². The standard InChI is InChI=1S/C19H27NO3/c1-18-7-6-12(21)8-11(18)4-5-13-14-10-20(3)17(23)19(14,2)9-15(22)16(13)18/h8,13-16,22H,4-7,9-10H2,1-3H3/t13?,14?,15-,16?,18-,19-/m0/s1. The number of aliphatic hydroxyl groups is 1. The monoisotopic (exact) mass is 317 g/mol. The van der Waals surface area contributed by atoms with Gasteiger partial charge in [0.25, 0.3) is 0 Å². The fourth-order valence-electron chi connectivity index (χ4n) is 6.43. The quantitative estimate of drug-likeness (QED) is 0.745. The van der Waals surface area contributed by atoms with Crippen LogP contribution in [0.5, 0.6) is 0 Å². The highest BCUT2D eigenvalue weighted by Crippen LogP contribution is 2.63. The van der Waals surface area contributed by atoms with Crippen LogP contribution in [0.4, 0.5) is 0 Å². The van der Waals surface area contributed by atoms with Gasteiger partial charge < -0.3 is 10.0 Å². The number of fused-ring (bicyclic) bond motifs is 5. The van der Waals surface area contributed by atoms with Gasteiger partial charge in [0.1, 0.15) is 0 Å².